The number of carbonyl (C=O) groups is 2. The highest BCUT2D eigenvalue weighted by atomic mass is 16.2. The van der Waals surface area contributed by atoms with Gasteiger partial charge in [-0.1, -0.05) is 55.2 Å². The van der Waals surface area contributed by atoms with Crippen molar-refractivity contribution in [3.05, 3.63) is 48.6 Å². The Kier molecular flexibility index (Phi) is 12.5. The highest BCUT2D eigenvalue weighted by Crippen LogP contribution is 2.53. The quantitative estimate of drug-likeness (QED) is 0.216. The van der Waals surface area contributed by atoms with Crippen molar-refractivity contribution in [1.82, 2.24) is 10.6 Å². The van der Waals surface area contributed by atoms with Crippen LogP contribution in [0.3, 0.4) is 0 Å². The number of amides is 2. The lowest BCUT2D eigenvalue weighted by molar-refractivity contribution is -0.124. The van der Waals surface area contributed by atoms with Crippen molar-refractivity contribution >= 4 is 12.3 Å². The van der Waals surface area contributed by atoms with Crippen LogP contribution in [0.25, 0.3) is 0 Å². The van der Waals surface area contributed by atoms with E-state index in [-0.39, 0.29) is 17.4 Å². The van der Waals surface area contributed by atoms with Crippen LogP contribution in [0, 0.1) is 29.6 Å². The maximum Gasteiger partial charge on any atom is 0.224 e. The first kappa shape index (κ1) is 28.9. The maximum atomic E-state index is 12.3. The Morgan fingerprint density at radius 3 is 2.18 bits per heavy atom. The van der Waals surface area contributed by atoms with Crippen LogP contribution in [-0.4, -0.2) is 24.4 Å². The monoisotopic (exact) mass is 456 g/mol. The molecule has 0 aromatic carbocycles. The fourth-order valence-corrected chi connectivity index (χ4v) is 4.14. The van der Waals surface area contributed by atoms with E-state index in [0.717, 1.165) is 31.1 Å². The number of hydrogen-bond donors (Lipinski definition) is 2. The lowest BCUT2D eigenvalue weighted by Crippen LogP contribution is -2.44. The summed E-state index contributed by atoms with van der Waals surface area (Å²) >= 11 is 0. The molecular formula is C29H48N2O2. The summed E-state index contributed by atoms with van der Waals surface area (Å²) in [5.41, 5.74) is 2.89. The van der Waals surface area contributed by atoms with Crippen LogP contribution in [0.5, 0.6) is 0 Å². The second kappa shape index (κ2) is 14.2. The van der Waals surface area contributed by atoms with Crippen molar-refractivity contribution in [3.8, 4) is 0 Å². The third kappa shape index (κ3) is 10.6. The molecule has 33 heavy (non-hydrogen) atoms. The summed E-state index contributed by atoms with van der Waals surface area (Å²) in [6.07, 6.45) is 16.7. The van der Waals surface area contributed by atoms with Crippen LogP contribution in [0.15, 0.2) is 48.6 Å². The van der Waals surface area contributed by atoms with Crippen molar-refractivity contribution in [3.63, 3.8) is 0 Å². The van der Waals surface area contributed by atoms with Gasteiger partial charge in [-0.15, -0.1) is 13.2 Å². The first-order valence-electron chi connectivity index (χ1n) is 12.7. The Hall–Kier alpha value is -2.10. The molecule has 0 spiro atoms. The third-order valence-corrected chi connectivity index (χ3v) is 7.18. The molecule has 0 radical (unpaired) electrons. The van der Waals surface area contributed by atoms with Crippen molar-refractivity contribution in [2.75, 3.05) is 6.54 Å². The maximum absolute atomic E-state index is 12.3. The predicted molar refractivity (Wildman–Crippen MR) is 141 cm³/mol. The van der Waals surface area contributed by atoms with Crippen LogP contribution < -0.4 is 10.6 Å². The van der Waals surface area contributed by atoms with Gasteiger partial charge in [0.15, 0.2) is 0 Å². The van der Waals surface area contributed by atoms with E-state index in [9.17, 15) is 9.59 Å². The van der Waals surface area contributed by atoms with Gasteiger partial charge in [0.25, 0.3) is 0 Å². The molecule has 3 aliphatic carbocycles. The average Bonchev–Trinajstić information content (AvgIpc) is 3.67. The molecule has 3 atom stereocenters. The fourth-order valence-electron chi connectivity index (χ4n) is 4.14. The minimum Gasteiger partial charge on any atom is -0.358 e. The van der Waals surface area contributed by atoms with E-state index in [1.807, 2.05) is 6.92 Å². The normalized spacial score (nSPS) is 24.7. The standard InChI is InChI=1S/C15H26N2O2.C12H18.C2H4/c1-4-15(2,3)17-14(19)13-11(7-10-5-6-10)12(13)8-16-9-18;1-4-5-6-7-10(2)11(3)12-8-9-12;1-2/h9-13H,4-8H2,1-3H3,(H,16,18)(H,17,19);4-7,12H,8-9H2,1-3H3;1-2H2/b;5-4-,7-6-,11-10-;. The van der Waals surface area contributed by atoms with Crippen molar-refractivity contribution in [2.24, 2.45) is 29.6 Å². The Balaban J connectivity index is 0.000000335. The molecule has 0 bridgehead atoms. The molecule has 0 aliphatic heterocycles. The second-order valence-corrected chi connectivity index (χ2v) is 10.3. The highest BCUT2D eigenvalue weighted by Gasteiger charge is 2.55. The summed E-state index contributed by atoms with van der Waals surface area (Å²) < 4.78 is 0. The van der Waals surface area contributed by atoms with Gasteiger partial charge in [-0.3, -0.25) is 9.59 Å². The van der Waals surface area contributed by atoms with Crippen molar-refractivity contribution in [1.29, 1.82) is 0 Å². The molecule has 3 unspecified atom stereocenters. The largest absolute Gasteiger partial charge is 0.358 e. The number of hydrogen-bond acceptors (Lipinski definition) is 2. The Morgan fingerprint density at radius 2 is 1.70 bits per heavy atom. The van der Waals surface area contributed by atoms with E-state index in [4.69, 9.17) is 0 Å². The molecule has 3 rings (SSSR count). The molecule has 3 saturated carbocycles. The van der Waals surface area contributed by atoms with Gasteiger partial charge < -0.3 is 10.6 Å². The van der Waals surface area contributed by atoms with Gasteiger partial charge in [-0.25, -0.2) is 0 Å². The third-order valence-electron chi connectivity index (χ3n) is 7.18. The van der Waals surface area contributed by atoms with Crippen LogP contribution >= 0.6 is 0 Å². The first-order chi connectivity index (χ1) is 15.7. The predicted octanol–water partition coefficient (Wildman–Crippen LogP) is 6.37. The Bertz CT molecular complexity index is 711. The van der Waals surface area contributed by atoms with Crippen molar-refractivity contribution in [2.45, 2.75) is 85.6 Å². The molecule has 4 heteroatoms. The van der Waals surface area contributed by atoms with E-state index in [1.54, 1.807) is 5.57 Å². The summed E-state index contributed by atoms with van der Waals surface area (Å²) in [4.78, 5) is 22.8. The van der Waals surface area contributed by atoms with Crippen LogP contribution in [0.2, 0.25) is 0 Å². The van der Waals surface area contributed by atoms with E-state index in [0.29, 0.717) is 18.4 Å². The van der Waals surface area contributed by atoms with Crippen molar-refractivity contribution < 1.29 is 9.59 Å². The Labute approximate surface area is 203 Å². The number of nitrogens with one attached hydrogen (secondary N) is 2. The van der Waals surface area contributed by atoms with Gasteiger partial charge in [-0.05, 0) is 84.0 Å². The second-order valence-electron chi connectivity index (χ2n) is 10.3. The zero-order chi connectivity index (χ0) is 25.0. The van der Waals surface area contributed by atoms with Gasteiger partial charge in [-0.2, -0.15) is 0 Å². The van der Waals surface area contributed by atoms with E-state index in [2.05, 4.69) is 82.7 Å². The van der Waals surface area contributed by atoms with Gasteiger partial charge in [0, 0.05) is 18.0 Å². The Morgan fingerprint density at radius 1 is 1.06 bits per heavy atom. The number of carbonyl (C=O) groups excluding carboxylic acids is 2. The molecular weight excluding hydrogens is 408 g/mol. The zero-order valence-electron chi connectivity index (χ0n) is 22.0. The minimum absolute atomic E-state index is 0.110. The summed E-state index contributed by atoms with van der Waals surface area (Å²) in [5, 5.41) is 5.88. The number of allylic oxidation sites excluding steroid dienone is 6. The van der Waals surface area contributed by atoms with E-state index >= 15 is 0 Å². The van der Waals surface area contributed by atoms with E-state index in [1.165, 1.54) is 31.3 Å². The van der Waals surface area contributed by atoms with Crippen LogP contribution in [0.1, 0.15) is 80.1 Å². The van der Waals surface area contributed by atoms with Gasteiger partial charge in [0.1, 0.15) is 0 Å². The van der Waals surface area contributed by atoms with Gasteiger partial charge >= 0.3 is 0 Å². The molecule has 0 aromatic rings. The fraction of sp³-hybridized carbons (Fsp3) is 0.655. The molecule has 3 fully saturated rings. The molecule has 2 amide bonds. The van der Waals surface area contributed by atoms with E-state index < -0.39 is 0 Å². The summed E-state index contributed by atoms with van der Waals surface area (Å²) in [7, 11) is 0. The molecule has 0 heterocycles. The number of rotatable bonds is 11. The average molecular weight is 457 g/mol. The SMILES string of the molecule is C=C.CCC(C)(C)NC(=O)C1C(CNC=O)C1CC1CC1.C\C=C/C=C\C(C)=C(\C)C1CC1. The summed E-state index contributed by atoms with van der Waals surface area (Å²) in [5.74, 6) is 2.85. The lowest BCUT2D eigenvalue weighted by atomic mass is 10.0. The lowest BCUT2D eigenvalue weighted by Gasteiger charge is -2.24. The molecule has 2 N–H and O–H groups in total. The van der Waals surface area contributed by atoms with Gasteiger partial charge in [0.2, 0.25) is 12.3 Å². The smallest absolute Gasteiger partial charge is 0.224 e. The van der Waals surface area contributed by atoms with Crippen LogP contribution in [0.4, 0.5) is 0 Å². The molecule has 0 aromatic heterocycles. The minimum atomic E-state index is -0.132. The highest BCUT2D eigenvalue weighted by molar-refractivity contribution is 5.83. The molecule has 186 valence electrons. The molecule has 4 nitrogen and oxygen atoms in total. The topological polar surface area (TPSA) is 58.2 Å². The summed E-state index contributed by atoms with van der Waals surface area (Å²) in [6, 6.07) is 0. The van der Waals surface area contributed by atoms with Gasteiger partial charge in [0.05, 0.1) is 0 Å². The summed E-state index contributed by atoms with van der Waals surface area (Å²) in [6.45, 7) is 19.3. The molecule has 3 aliphatic rings. The molecule has 0 saturated heterocycles. The first-order valence-corrected chi connectivity index (χ1v) is 12.7. The van der Waals surface area contributed by atoms with Crippen LogP contribution in [-0.2, 0) is 9.59 Å². The zero-order valence-corrected chi connectivity index (χ0v) is 22.0.